The molecule has 0 aromatic heterocycles. The number of rotatable bonds is 6. The van der Waals surface area contributed by atoms with Crippen molar-refractivity contribution in [3.63, 3.8) is 0 Å². The van der Waals surface area contributed by atoms with Crippen LogP contribution in [-0.4, -0.2) is 13.2 Å². The predicted molar refractivity (Wildman–Crippen MR) is 76.4 cm³/mol. The van der Waals surface area contributed by atoms with Gasteiger partial charge in [-0.3, -0.25) is 0 Å². The molecule has 0 aliphatic heterocycles. The van der Waals surface area contributed by atoms with Crippen molar-refractivity contribution in [2.75, 3.05) is 18.5 Å². The Hall–Kier alpha value is -1.81. The summed E-state index contributed by atoms with van der Waals surface area (Å²) < 4.78 is 31.2. The fourth-order valence-electron chi connectivity index (χ4n) is 1.63. The molecule has 20 heavy (non-hydrogen) atoms. The summed E-state index contributed by atoms with van der Waals surface area (Å²) in [6.45, 7) is 1.14. The molecule has 1 N–H and O–H groups in total. The van der Waals surface area contributed by atoms with Gasteiger partial charge in [-0.2, -0.15) is 0 Å². The average Bonchev–Trinajstić information content (AvgIpc) is 2.44. The molecule has 2 rings (SSSR count). The number of halogens is 3. The Balaban J connectivity index is 1.68. The van der Waals surface area contributed by atoms with Gasteiger partial charge in [-0.1, -0.05) is 11.6 Å². The maximum absolute atomic E-state index is 13.0. The van der Waals surface area contributed by atoms with E-state index in [2.05, 4.69) is 5.32 Å². The first kappa shape index (κ1) is 14.6. The number of anilines is 1. The SMILES string of the molecule is Fc1ccc(NCCCOc2ccc(Cl)cc2)cc1F. The highest BCUT2D eigenvalue weighted by Gasteiger charge is 2.01. The van der Waals surface area contributed by atoms with Crippen LogP contribution in [0.5, 0.6) is 5.75 Å². The zero-order valence-electron chi connectivity index (χ0n) is 10.7. The summed E-state index contributed by atoms with van der Waals surface area (Å²) in [5.41, 5.74) is 0.551. The number of nitrogens with one attached hydrogen (secondary N) is 1. The molecule has 0 fully saturated rings. The van der Waals surface area contributed by atoms with Crippen LogP contribution in [0, 0.1) is 11.6 Å². The van der Waals surface area contributed by atoms with E-state index in [1.807, 2.05) is 0 Å². The maximum Gasteiger partial charge on any atom is 0.160 e. The highest BCUT2D eigenvalue weighted by atomic mass is 35.5. The third-order valence-electron chi connectivity index (χ3n) is 2.65. The summed E-state index contributed by atoms with van der Waals surface area (Å²) in [7, 11) is 0. The van der Waals surface area contributed by atoms with Crippen LogP contribution in [0.2, 0.25) is 5.02 Å². The molecule has 2 nitrogen and oxygen atoms in total. The van der Waals surface area contributed by atoms with E-state index in [1.54, 1.807) is 24.3 Å². The molecule has 106 valence electrons. The van der Waals surface area contributed by atoms with Crippen LogP contribution in [-0.2, 0) is 0 Å². The van der Waals surface area contributed by atoms with E-state index in [9.17, 15) is 8.78 Å². The lowest BCUT2D eigenvalue weighted by Gasteiger charge is -2.08. The van der Waals surface area contributed by atoms with Crippen molar-refractivity contribution in [3.05, 3.63) is 59.1 Å². The van der Waals surface area contributed by atoms with Crippen molar-refractivity contribution in [2.24, 2.45) is 0 Å². The zero-order valence-corrected chi connectivity index (χ0v) is 11.5. The van der Waals surface area contributed by atoms with Gasteiger partial charge >= 0.3 is 0 Å². The molecule has 0 saturated heterocycles. The molecule has 2 aromatic carbocycles. The Morgan fingerprint density at radius 1 is 1.00 bits per heavy atom. The molecular formula is C15H14ClF2NO. The minimum Gasteiger partial charge on any atom is -0.494 e. The Morgan fingerprint density at radius 2 is 1.75 bits per heavy atom. The second-order valence-corrected chi connectivity index (χ2v) is 4.65. The Labute approximate surface area is 121 Å². The Morgan fingerprint density at radius 3 is 2.45 bits per heavy atom. The summed E-state index contributed by atoms with van der Waals surface area (Å²) in [4.78, 5) is 0. The topological polar surface area (TPSA) is 21.3 Å². The first-order valence-electron chi connectivity index (χ1n) is 6.22. The summed E-state index contributed by atoms with van der Waals surface area (Å²) in [5, 5.41) is 3.66. The number of ether oxygens (including phenoxy) is 1. The molecule has 0 heterocycles. The second-order valence-electron chi connectivity index (χ2n) is 4.21. The normalized spacial score (nSPS) is 10.3. The first-order chi connectivity index (χ1) is 9.65. The largest absolute Gasteiger partial charge is 0.494 e. The monoisotopic (exact) mass is 297 g/mol. The van der Waals surface area contributed by atoms with Crippen molar-refractivity contribution >= 4 is 17.3 Å². The lowest BCUT2D eigenvalue weighted by atomic mass is 10.3. The molecule has 0 bridgehead atoms. The van der Waals surface area contributed by atoms with Gasteiger partial charge < -0.3 is 10.1 Å². The number of hydrogen-bond acceptors (Lipinski definition) is 2. The van der Waals surface area contributed by atoms with Crippen molar-refractivity contribution < 1.29 is 13.5 Å². The molecule has 0 aliphatic rings. The van der Waals surface area contributed by atoms with Crippen molar-refractivity contribution in [3.8, 4) is 5.75 Å². The van der Waals surface area contributed by atoms with E-state index in [-0.39, 0.29) is 0 Å². The summed E-state index contributed by atoms with van der Waals surface area (Å²) in [6, 6.07) is 10.8. The summed E-state index contributed by atoms with van der Waals surface area (Å²) >= 11 is 5.76. The van der Waals surface area contributed by atoms with Gasteiger partial charge in [0.15, 0.2) is 11.6 Å². The van der Waals surface area contributed by atoms with Gasteiger partial charge in [0.1, 0.15) is 5.75 Å². The summed E-state index contributed by atoms with van der Waals surface area (Å²) in [5.74, 6) is -0.948. The smallest absolute Gasteiger partial charge is 0.160 e. The van der Waals surface area contributed by atoms with Gasteiger partial charge in [-0.25, -0.2) is 8.78 Å². The van der Waals surface area contributed by atoms with Crippen LogP contribution in [0.4, 0.5) is 14.5 Å². The van der Waals surface area contributed by atoms with Crippen molar-refractivity contribution in [2.45, 2.75) is 6.42 Å². The van der Waals surface area contributed by atoms with Crippen LogP contribution < -0.4 is 10.1 Å². The highest BCUT2D eigenvalue weighted by molar-refractivity contribution is 6.30. The Bertz CT molecular complexity index is 560. The van der Waals surface area contributed by atoms with E-state index in [0.29, 0.717) is 23.9 Å². The van der Waals surface area contributed by atoms with Crippen LogP contribution in [0.3, 0.4) is 0 Å². The standard InChI is InChI=1S/C15H14ClF2NO/c16-11-2-5-13(6-3-11)20-9-1-8-19-12-4-7-14(17)15(18)10-12/h2-7,10,19H,1,8-9H2. The first-order valence-corrected chi connectivity index (χ1v) is 6.60. The molecule has 0 radical (unpaired) electrons. The minimum atomic E-state index is -0.854. The predicted octanol–water partition coefficient (Wildman–Crippen LogP) is 4.50. The molecular weight excluding hydrogens is 284 g/mol. The quantitative estimate of drug-likeness (QED) is 0.793. The van der Waals surface area contributed by atoms with E-state index in [0.717, 1.165) is 24.3 Å². The van der Waals surface area contributed by atoms with Crippen LogP contribution >= 0.6 is 11.6 Å². The van der Waals surface area contributed by atoms with Gasteiger partial charge in [-0.15, -0.1) is 0 Å². The molecule has 0 aliphatic carbocycles. The van der Waals surface area contributed by atoms with Gasteiger partial charge in [0.05, 0.1) is 6.61 Å². The molecule has 0 spiro atoms. The lowest BCUT2D eigenvalue weighted by Crippen LogP contribution is -2.07. The van der Waals surface area contributed by atoms with E-state index >= 15 is 0 Å². The highest BCUT2D eigenvalue weighted by Crippen LogP contribution is 2.16. The molecule has 0 saturated carbocycles. The number of hydrogen-bond donors (Lipinski definition) is 1. The number of benzene rings is 2. The van der Waals surface area contributed by atoms with Crippen molar-refractivity contribution in [1.29, 1.82) is 0 Å². The van der Waals surface area contributed by atoms with E-state index in [1.165, 1.54) is 6.07 Å². The molecule has 2 aromatic rings. The molecule has 5 heteroatoms. The van der Waals surface area contributed by atoms with E-state index < -0.39 is 11.6 Å². The zero-order chi connectivity index (χ0) is 14.4. The average molecular weight is 298 g/mol. The van der Waals surface area contributed by atoms with Crippen LogP contribution in [0.25, 0.3) is 0 Å². The van der Waals surface area contributed by atoms with Crippen molar-refractivity contribution in [1.82, 2.24) is 0 Å². The summed E-state index contributed by atoms with van der Waals surface area (Å²) in [6.07, 6.45) is 0.738. The molecule has 0 atom stereocenters. The molecule has 0 unspecified atom stereocenters. The fourth-order valence-corrected chi connectivity index (χ4v) is 1.76. The van der Waals surface area contributed by atoms with Crippen LogP contribution in [0.15, 0.2) is 42.5 Å². The Kier molecular flexibility index (Phi) is 5.18. The lowest BCUT2D eigenvalue weighted by molar-refractivity contribution is 0.315. The van der Waals surface area contributed by atoms with Gasteiger partial charge in [0.25, 0.3) is 0 Å². The van der Waals surface area contributed by atoms with Gasteiger partial charge in [0, 0.05) is 17.3 Å². The minimum absolute atomic E-state index is 0.526. The van der Waals surface area contributed by atoms with Crippen LogP contribution in [0.1, 0.15) is 6.42 Å². The fraction of sp³-hybridized carbons (Fsp3) is 0.200. The van der Waals surface area contributed by atoms with Gasteiger partial charge in [0.2, 0.25) is 0 Å². The van der Waals surface area contributed by atoms with E-state index in [4.69, 9.17) is 16.3 Å². The van der Waals surface area contributed by atoms with Gasteiger partial charge in [-0.05, 0) is 48.9 Å². The third-order valence-corrected chi connectivity index (χ3v) is 2.90. The third kappa shape index (κ3) is 4.38. The molecule has 0 amide bonds. The second kappa shape index (κ2) is 7.10. The maximum atomic E-state index is 13.0.